The Kier molecular flexibility index (Phi) is 2.87. The van der Waals surface area contributed by atoms with Crippen LogP contribution in [0, 0.1) is 0 Å². The normalized spacial score (nSPS) is 12.3. The molecular formula is C15H10F3N5. The van der Waals surface area contributed by atoms with Gasteiger partial charge in [-0.3, -0.25) is 9.67 Å². The first kappa shape index (κ1) is 13.7. The fraction of sp³-hybridized carbons (Fsp3) is 0.133. The van der Waals surface area contributed by atoms with Crippen molar-refractivity contribution in [3.05, 3.63) is 54.7 Å². The van der Waals surface area contributed by atoms with Gasteiger partial charge in [0.15, 0.2) is 0 Å². The van der Waals surface area contributed by atoms with Crippen molar-refractivity contribution in [2.24, 2.45) is 0 Å². The number of pyridine rings is 1. The van der Waals surface area contributed by atoms with Crippen molar-refractivity contribution >= 4 is 21.9 Å². The van der Waals surface area contributed by atoms with E-state index < -0.39 is 11.7 Å². The first-order valence-electron chi connectivity index (χ1n) is 6.80. The van der Waals surface area contributed by atoms with Crippen LogP contribution in [0.2, 0.25) is 0 Å². The predicted molar refractivity (Wildman–Crippen MR) is 77.7 cm³/mol. The maximum absolute atomic E-state index is 12.7. The van der Waals surface area contributed by atoms with E-state index >= 15 is 0 Å². The summed E-state index contributed by atoms with van der Waals surface area (Å²) < 4.78 is 41.0. The maximum Gasteiger partial charge on any atom is 0.419 e. The Morgan fingerprint density at radius 3 is 2.61 bits per heavy atom. The molecule has 0 radical (unpaired) electrons. The fourth-order valence-corrected chi connectivity index (χ4v) is 2.55. The largest absolute Gasteiger partial charge is 0.419 e. The van der Waals surface area contributed by atoms with E-state index in [1.165, 1.54) is 4.68 Å². The Balaban J connectivity index is 1.80. The van der Waals surface area contributed by atoms with Gasteiger partial charge < -0.3 is 4.57 Å². The van der Waals surface area contributed by atoms with Gasteiger partial charge in [0.05, 0.1) is 35.3 Å². The van der Waals surface area contributed by atoms with E-state index in [0.717, 1.165) is 28.8 Å². The molecule has 8 heteroatoms. The van der Waals surface area contributed by atoms with Gasteiger partial charge in [0.2, 0.25) is 0 Å². The van der Waals surface area contributed by atoms with Gasteiger partial charge >= 0.3 is 6.18 Å². The van der Waals surface area contributed by atoms with Gasteiger partial charge in [-0.2, -0.15) is 18.3 Å². The summed E-state index contributed by atoms with van der Waals surface area (Å²) in [4.78, 5) is 8.58. The summed E-state index contributed by atoms with van der Waals surface area (Å²) >= 11 is 0. The van der Waals surface area contributed by atoms with Crippen LogP contribution in [0.25, 0.3) is 21.9 Å². The molecule has 23 heavy (non-hydrogen) atoms. The van der Waals surface area contributed by atoms with Crippen LogP contribution in [0.1, 0.15) is 5.56 Å². The minimum atomic E-state index is -4.40. The molecule has 0 spiro atoms. The Bertz CT molecular complexity index is 999. The van der Waals surface area contributed by atoms with E-state index in [9.17, 15) is 13.2 Å². The lowest BCUT2D eigenvalue weighted by Gasteiger charge is -2.07. The molecule has 0 aliphatic carbocycles. The minimum Gasteiger partial charge on any atom is -0.309 e. The molecule has 116 valence electrons. The van der Waals surface area contributed by atoms with Crippen LogP contribution in [0.5, 0.6) is 0 Å². The molecule has 0 N–H and O–H groups in total. The quantitative estimate of drug-likeness (QED) is 0.570. The molecule has 0 atom stereocenters. The van der Waals surface area contributed by atoms with Crippen LogP contribution < -0.4 is 0 Å². The van der Waals surface area contributed by atoms with E-state index in [0.29, 0.717) is 5.52 Å². The molecule has 1 aromatic carbocycles. The zero-order valence-corrected chi connectivity index (χ0v) is 11.7. The van der Waals surface area contributed by atoms with Gasteiger partial charge in [-0.15, -0.1) is 0 Å². The topological polar surface area (TPSA) is 48.5 Å². The lowest BCUT2D eigenvalue weighted by molar-refractivity contribution is -0.137. The smallest absolute Gasteiger partial charge is 0.309 e. The van der Waals surface area contributed by atoms with Crippen molar-refractivity contribution < 1.29 is 13.2 Å². The van der Waals surface area contributed by atoms with E-state index in [4.69, 9.17) is 0 Å². The van der Waals surface area contributed by atoms with Crippen molar-refractivity contribution in [1.82, 2.24) is 24.3 Å². The monoisotopic (exact) mass is 317 g/mol. The van der Waals surface area contributed by atoms with E-state index in [1.807, 2.05) is 24.3 Å². The second-order valence-electron chi connectivity index (χ2n) is 5.13. The zero-order chi connectivity index (χ0) is 16.0. The first-order valence-corrected chi connectivity index (χ1v) is 6.80. The molecule has 0 amide bonds. The molecule has 0 saturated heterocycles. The first-order chi connectivity index (χ1) is 11.0. The van der Waals surface area contributed by atoms with Crippen LogP contribution in [-0.2, 0) is 12.8 Å². The number of alkyl halides is 3. The highest BCUT2D eigenvalue weighted by Crippen LogP contribution is 2.28. The van der Waals surface area contributed by atoms with Gasteiger partial charge in [-0.05, 0) is 6.07 Å². The molecule has 5 nitrogen and oxygen atoms in total. The maximum atomic E-state index is 12.7. The molecule has 0 fully saturated rings. The van der Waals surface area contributed by atoms with Crippen LogP contribution in [0.15, 0.2) is 49.2 Å². The number of aromatic nitrogens is 5. The third kappa shape index (κ3) is 2.32. The highest BCUT2D eigenvalue weighted by atomic mass is 19.4. The second kappa shape index (κ2) is 4.80. The molecule has 0 bridgehead atoms. The summed E-state index contributed by atoms with van der Waals surface area (Å²) in [5.74, 6) is 0. The molecule has 0 aliphatic rings. The van der Waals surface area contributed by atoms with Crippen molar-refractivity contribution in [2.75, 3.05) is 0 Å². The molecule has 0 unspecified atom stereocenters. The molecule has 0 aliphatic heterocycles. The average molecular weight is 317 g/mol. The molecule has 3 heterocycles. The molecule has 4 aromatic rings. The lowest BCUT2D eigenvalue weighted by atomic mass is 10.2. The molecule has 4 rings (SSSR count). The number of hydrogen-bond donors (Lipinski definition) is 0. The summed E-state index contributed by atoms with van der Waals surface area (Å²) in [5, 5.41) is 4.67. The highest BCUT2D eigenvalue weighted by molar-refractivity contribution is 6.01. The van der Waals surface area contributed by atoms with E-state index in [2.05, 4.69) is 15.1 Å². The Morgan fingerprint density at radius 2 is 1.83 bits per heavy atom. The number of fused-ring (bicyclic) bond motifs is 3. The Morgan fingerprint density at radius 1 is 1.00 bits per heavy atom. The van der Waals surface area contributed by atoms with Gasteiger partial charge in [-0.25, -0.2) is 4.98 Å². The standard InChI is InChI=1S/C15H10F3N5/c16-15(17,18)10-5-21-23(7-10)9-22-8-20-13-6-19-12-4-2-1-3-11(12)14(13)22/h1-8H,9H2. The number of imidazole rings is 1. The lowest BCUT2D eigenvalue weighted by Crippen LogP contribution is -2.08. The van der Waals surface area contributed by atoms with Crippen LogP contribution in [0.3, 0.4) is 0 Å². The van der Waals surface area contributed by atoms with Gasteiger partial charge in [0, 0.05) is 11.6 Å². The average Bonchev–Trinajstić information content (AvgIpc) is 3.15. The van der Waals surface area contributed by atoms with Crippen molar-refractivity contribution in [2.45, 2.75) is 12.8 Å². The number of hydrogen-bond acceptors (Lipinski definition) is 3. The molecule has 3 aromatic heterocycles. The van der Waals surface area contributed by atoms with Crippen molar-refractivity contribution in [1.29, 1.82) is 0 Å². The van der Waals surface area contributed by atoms with Gasteiger partial charge in [0.1, 0.15) is 12.2 Å². The van der Waals surface area contributed by atoms with Crippen LogP contribution in [0.4, 0.5) is 13.2 Å². The summed E-state index contributed by atoms with van der Waals surface area (Å²) in [6.07, 6.45) is 0.631. The Hall–Kier alpha value is -2.90. The third-order valence-electron chi connectivity index (χ3n) is 3.61. The van der Waals surface area contributed by atoms with Crippen LogP contribution in [-0.4, -0.2) is 24.3 Å². The molecule has 0 saturated carbocycles. The number of para-hydroxylation sites is 1. The third-order valence-corrected chi connectivity index (χ3v) is 3.61. The highest BCUT2D eigenvalue weighted by Gasteiger charge is 2.32. The zero-order valence-electron chi connectivity index (χ0n) is 11.7. The summed E-state index contributed by atoms with van der Waals surface area (Å²) in [6, 6.07) is 7.55. The second-order valence-corrected chi connectivity index (χ2v) is 5.13. The summed E-state index contributed by atoms with van der Waals surface area (Å²) in [6.45, 7) is 0.139. The van der Waals surface area contributed by atoms with Crippen LogP contribution >= 0.6 is 0 Å². The van der Waals surface area contributed by atoms with Gasteiger partial charge in [0.25, 0.3) is 0 Å². The molecular weight excluding hydrogens is 307 g/mol. The SMILES string of the molecule is FC(F)(F)c1cnn(Cn2cnc3cnc4ccccc4c32)c1. The van der Waals surface area contributed by atoms with Gasteiger partial charge in [-0.1, -0.05) is 18.2 Å². The Labute approximate surface area is 128 Å². The number of halogens is 3. The van der Waals surface area contributed by atoms with E-state index in [1.54, 1.807) is 17.1 Å². The number of rotatable bonds is 2. The number of nitrogens with zero attached hydrogens (tertiary/aromatic N) is 5. The van der Waals surface area contributed by atoms with Crippen molar-refractivity contribution in [3.8, 4) is 0 Å². The predicted octanol–water partition coefficient (Wildman–Crippen LogP) is 3.31. The summed E-state index contributed by atoms with van der Waals surface area (Å²) in [7, 11) is 0. The fourth-order valence-electron chi connectivity index (χ4n) is 2.55. The van der Waals surface area contributed by atoms with Crippen molar-refractivity contribution in [3.63, 3.8) is 0 Å². The summed E-state index contributed by atoms with van der Waals surface area (Å²) in [5.41, 5.74) is 1.54. The number of benzene rings is 1. The van der Waals surface area contributed by atoms with E-state index in [-0.39, 0.29) is 6.67 Å². The minimum absolute atomic E-state index is 0.139.